The summed E-state index contributed by atoms with van der Waals surface area (Å²) in [6.45, 7) is 1.07. The van der Waals surface area contributed by atoms with Gasteiger partial charge in [0, 0.05) is 6.54 Å². The number of rotatable bonds is 3. The van der Waals surface area contributed by atoms with E-state index >= 15 is 0 Å². The molecule has 2 rings (SSSR count). The van der Waals surface area contributed by atoms with Crippen LogP contribution in [0.25, 0.3) is 0 Å². The van der Waals surface area contributed by atoms with Gasteiger partial charge < -0.3 is 5.11 Å². The molecule has 3 nitrogen and oxygen atoms in total. The molecule has 6 heteroatoms. The van der Waals surface area contributed by atoms with Crippen LogP contribution < -0.4 is 0 Å². The maximum Gasteiger partial charge on any atom is 0.391 e. The van der Waals surface area contributed by atoms with Crippen molar-refractivity contribution >= 4 is 5.97 Å². The molecule has 0 saturated carbocycles. The number of hydrogen-bond donors (Lipinski definition) is 1. The Hall–Kier alpha value is -1.56. The lowest BCUT2D eigenvalue weighted by Gasteiger charge is -2.33. The summed E-state index contributed by atoms with van der Waals surface area (Å²) in [7, 11) is 0. The van der Waals surface area contributed by atoms with Crippen molar-refractivity contribution in [3.63, 3.8) is 0 Å². The van der Waals surface area contributed by atoms with Crippen molar-refractivity contribution in [2.24, 2.45) is 5.92 Å². The van der Waals surface area contributed by atoms with E-state index in [-0.39, 0.29) is 18.4 Å². The van der Waals surface area contributed by atoms with Crippen LogP contribution in [0.3, 0.4) is 0 Å². The van der Waals surface area contributed by atoms with Gasteiger partial charge in [0.2, 0.25) is 0 Å². The van der Waals surface area contributed by atoms with Crippen molar-refractivity contribution in [3.05, 3.63) is 35.4 Å². The van der Waals surface area contributed by atoms with Gasteiger partial charge in [0.15, 0.2) is 0 Å². The zero-order valence-electron chi connectivity index (χ0n) is 10.9. The molecular formula is C14H16F3NO2. The minimum Gasteiger partial charge on any atom is -0.478 e. The molecule has 0 unspecified atom stereocenters. The summed E-state index contributed by atoms with van der Waals surface area (Å²) in [6, 6.07) is 6.60. The average Bonchev–Trinajstić information content (AvgIpc) is 2.38. The van der Waals surface area contributed by atoms with Gasteiger partial charge >= 0.3 is 12.1 Å². The fourth-order valence-corrected chi connectivity index (χ4v) is 2.53. The van der Waals surface area contributed by atoms with E-state index in [9.17, 15) is 18.0 Å². The van der Waals surface area contributed by atoms with Crippen molar-refractivity contribution < 1.29 is 23.1 Å². The van der Waals surface area contributed by atoms with E-state index in [4.69, 9.17) is 5.11 Å². The molecule has 0 spiro atoms. The van der Waals surface area contributed by atoms with E-state index in [2.05, 4.69) is 0 Å². The molecule has 0 radical (unpaired) electrons. The zero-order chi connectivity index (χ0) is 14.8. The van der Waals surface area contributed by atoms with Crippen LogP contribution >= 0.6 is 0 Å². The van der Waals surface area contributed by atoms with Gasteiger partial charge in [-0.25, -0.2) is 4.79 Å². The minimum absolute atomic E-state index is 0.0821. The van der Waals surface area contributed by atoms with Crippen molar-refractivity contribution in [2.45, 2.75) is 25.6 Å². The highest BCUT2D eigenvalue weighted by Crippen LogP contribution is 2.34. The van der Waals surface area contributed by atoms with Gasteiger partial charge in [-0.1, -0.05) is 18.2 Å². The molecule has 1 aromatic rings. The van der Waals surface area contributed by atoms with Crippen LogP contribution in [0.15, 0.2) is 24.3 Å². The van der Waals surface area contributed by atoms with Gasteiger partial charge in [-0.3, -0.25) is 4.90 Å². The second-order valence-electron chi connectivity index (χ2n) is 5.05. The Kier molecular flexibility index (Phi) is 4.32. The summed E-state index contributed by atoms with van der Waals surface area (Å²) in [5.74, 6) is -2.24. The van der Waals surface area contributed by atoms with Gasteiger partial charge in [-0.2, -0.15) is 13.2 Å². The number of benzene rings is 1. The van der Waals surface area contributed by atoms with Gasteiger partial charge in [0.25, 0.3) is 0 Å². The molecular weight excluding hydrogens is 271 g/mol. The third-order valence-electron chi connectivity index (χ3n) is 3.69. The fourth-order valence-electron chi connectivity index (χ4n) is 2.53. The Morgan fingerprint density at radius 1 is 1.25 bits per heavy atom. The van der Waals surface area contributed by atoms with E-state index in [1.807, 2.05) is 4.90 Å². The smallest absolute Gasteiger partial charge is 0.391 e. The number of carboxylic acid groups (broad SMARTS) is 1. The van der Waals surface area contributed by atoms with E-state index < -0.39 is 18.1 Å². The molecule has 0 bridgehead atoms. The maximum atomic E-state index is 12.6. The van der Waals surface area contributed by atoms with Gasteiger partial charge in [-0.05, 0) is 37.6 Å². The monoisotopic (exact) mass is 287 g/mol. The Balaban J connectivity index is 1.98. The Bertz CT molecular complexity index is 480. The van der Waals surface area contributed by atoms with Crippen LogP contribution in [0.2, 0.25) is 0 Å². The fraction of sp³-hybridized carbons (Fsp3) is 0.500. The number of aromatic carboxylic acids is 1. The van der Waals surface area contributed by atoms with E-state index in [1.54, 1.807) is 18.2 Å². The first-order valence-corrected chi connectivity index (χ1v) is 6.48. The normalized spacial score (nSPS) is 18.1. The summed E-state index contributed by atoms with van der Waals surface area (Å²) in [5.41, 5.74) is 0.857. The topological polar surface area (TPSA) is 40.5 Å². The minimum atomic E-state index is -4.12. The summed E-state index contributed by atoms with van der Waals surface area (Å²) in [6.07, 6.45) is -3.96. The Morgan fingerprint density at radius 2 is 1.85 bits per heavy atom. The van der Waals surface area contributed by atoms with E-state index in [0.29, 0.717) is 25.2 Å². The number of nitrogens with zero attached hydrogens (tertiary/aromatic N) is 1. The second kappa shape index (κ2) is 5.83. The first-order valence-electron chi connectivity index (χ1n) is 6.48. The molecule has 1 aromatic carbocycles. The van der Waals surface area contributed by atoms with Crippen LogP contribution in [0.1, 0.15) is 28.8 Å². The number of halogens is 3. The number of likely N-dealkylation sites (tertiary alicyclic amines) is 1. The molecule has 0 atom stereocenters. The molecule has 1 saturated heterocycles. The number of hydrogen-bond acceptors (Lipinski definition) is 2. The predicted octanol–water partition coefficient (Wildman–Crippen LogP) is 3.16. The van der Waals surface area contributed by atoms with E-state index in [0.717, 1.165) is 0 Å². The third kappa shape index (κ3) is 3.50. The summed E-state index contributed by atoms with van der Waals surface area (Å²) in [4.78, 5) is 13.0. The highest BCUT2D eigenvalue weighted by atomic mass is 19.4. The molecule has 1 fully saturated rings. The predicted molar refractivity (Wildman–Crippen MR) is 67.5 cm³/mol. The van der Waals surface area contributed by atoms with Crippen LogP contribution in [0, 0.1) is 5.92 Å². The summed E-state index contributed by atoms with van der Waals surface area (Å²) in [5, 5.41) is 9.08. The van der Waals surface area contributed by atoms with Crippen molar-refractivity contribution in [3.8, 4) is 0 Å². The first kappa shape index (κ1) is 14.8. The quantitative estimate of drug-likeness (QED) is 0.928. The van der Waals surface area contributed by atoms with Gasteiger partial charge in [0.05, 0.1) is 11.5 Å². The van der Waals surface area contributed by atoms with Crippen LogP contribution in [-0.4, -0.2) is 35.2 Å². The highest BCUT2D eigenvalue weighted by Gasteiger charge is 2.41. The average molecular weight is 287 g/mol. The molecule has 1 aliphatic rings. The number of carboxylic acids is 1. The zero-order valence-corrected chi connectivity index (χ0v) is 10.9. The van der Waals surface area contributed by atoms with Crippen molar-refractivity contribution in [2.75, 3.05) is 13.1 Å². The van der Waals surface area contributed by atoms with Crippen LogP contribution in [0.4, 0.5) is 13.2 Å². The summed E-state index contributed by atoms with van der Waals surface area (Å²) >= 11 is 0. The van der Waals surface area contributed by atoms with Crippen molar-refractivity contribution in [1.82, 2.24) is 4.90 Å². The molecule has 20 heavy (non-hydrogen) atoms. The number of piperidine rings is 1. The number of alkyl halides is 3. The summed E-state index contributed by atoms with van der Waals surface area (Å²) < 4.78 is 37.7. The van der Waals surface area contributed by atoms with Crippen LogP contribution in [0.5, 0.6) is 0 Å². The maximum absolute atomic E-state index is 12.6. The molecule has 1 N–H and O–H groups in total. The lowest BCUT2D eigenvalue weighted by atomic mass is 9.95. The number of carbonyl (C=O) groups is 1. The Morgan fingerprint density at radius 3 is 2.40 bits per heavy atom. The standard InChI is InChI=1S/C14H16F3NO2/c15-14(16,17)11-5-7-18(8-6-11)9-10-3-1-2-4-12(10)13(19)20/h1-4,11H,5-9H2,(H,19,20). The molecule has 1 aliphatic heterocycles. The third-order valence-corrected chi connectivity index (χ3v) is 3.69. The lowest BCUT2D eigenvalue weighted by molar-refractivity contribution is -0.185. The SMILES string of the molecule is O=C(O)c1ccccc1CN1CCC(C(F)(F)F)CC1. The van der Waals surface area contributed by atoms with Crippen LogP contribution in [-0.2, 0) is 6.54 Å². The van der Waals surface area contributed by atoms with E-state index in [1.165, 1.54) is 6.07 Å². The Labute approximate surface area is 115 Å². The first-order chi connectivity index (χ1) is 9.38. The molecule has 0 aromatic heterocycles. The molecule has 1 heterocycles. The van der Waals surface area contributed by atoms with Gasteiger partial charge in [0.1, 0.15) is 0 Å². The largest absolute Gasteiger partial charge is 0.478 e. The second-order valence-corrected chi connectivity index (χ2v) is 5.05. The highest BCUT2D eigenvalue weighted by molar-refractivity contribution is 5.89. The molecule has 0 amide bonds. The molecule has 110 valence electrons. The molecule has 0 aliphatic carbocycles. The van der Waals surface area contributed by atoms with Gasteiger partial charge in [-0.15, -0.1) is 0 Å². The van der Waals surface area contributed by atoms with Crippen molar-refractivity contribution in [1.29, 1.82) is 0 Å². The lowest BCUT2D eigenvalue weighted by Crippen LogP contribution is -2.38.